The molecule has 45 heavy (non-hydrogen) atoms. The van der Waals surface area contributed by atoms with Gasteiger partial charge in [-0.3, -0.25) is 19.9 Å². The second-order valence-electron chi connectivity index (χ2n) is 11.8. The van der Waals surface area contributed by atoms with Crippen molar-refractivity contribution in [3.63, 3.8) is 0 Å². The second-order valence-corrected chi connectivity index (χ2v) is 11.8. The van der Waals surface area contributed by atoms with Gasteiger partial charge in [0, 0.05) is 36.1 Å². The van der Waals surface area contributed by atoms with Crippen molar-refractivity contribution in [1.29, 1.82) is 0 Å². The molecule has 4 amide bonds. The number of imide groups is 1. The number of carboxylic acid groups (broad SMARTS) is 1. The Morgan fingerprint density at radius 3 is 2.20 bits per heavy atom. The second kappa shape index (κ2) is 12.7. The van der Waals surface area contributed by atoms with Gasteiger partial charge in [-0.25, -0.2) is 19.5 Å². The number of hydrazine groups is 1. The number of carbonyl (C=O) groups excluding carboxylic acids is 3. The molecule has 0 spiro atoms. The van der Waals surface area contributed by atoms with E-state index in [-0.39, 0.29) is 25.2 Å². The molecule has 0 aliphatic carbocycles. The molecule has 0 saturated carbocycles. The summed E-state index contributed by atoms with van der Waals surface area (Å²) in [4.78, 5) is 60.5. The van der Waals surface area contributed by atoms with Gasteiger partial charge in [0.05, 0.1) is 35.6 Å². The smallest absolute Gasteiger partial charge is 0.433 e. The van der Waals surface area contributed by atoms with E-state index in [2.05, 4.69) is 5.43 Å². The van der Waals surface area contributed by atoms with Gasteiger partial charge in [0.2, 0.25) is 5.91 Å². The number of carbonyl (C=O) groups is 4. The van der Waals surface area contributed by atoms with E-state index in [0.29, 0.717) is 27.8 Å². The van der Waals surface area contributed by atoms with E-state index in [9.17, 15) is 24.3 Å². The van der Waals surface area contributed by atoms with Crippen LogP contribution in [0.25, 0.3) is 22.2 Å². The summed E-state index contributed by atoms with van der Waals surface area (Å²) in [6, 6.07) is 24.4. The SMILES string of the molecule is COC(=O)N(NC(=O)c1c(CN2CCN(C(=O)O)C(=O)C2C(C)(C)C)c(-c2ccccc2)nc2ccccc12)c1ccccc1. The summed E-state index contributed by atoms with van der Waals surface area (Å²) in [5.41, 5.74) is 5.14. The minimum atomic E-state index is -1.30. The number of rotatable bonds is 5. The predicted molar refractivity (Wildman–Crippen MR) is 169 cm³/mol. The van der Waals surface area contributed by atoms with E-state index in [1.54, 1.807) is 42.5 Å². The van der Waals surface area contributed by atoms with Crippen LogP contribution >= 0.6 is 0 Å². The van der Waals surface area contributed by atoms with Crippen LogP contribution in [0.4, 0.5) is 15.3 Å². The van der Waals surface area contributed by atoms with Crippen LogP contribution in [0.3, 0.4) is 0 Å². The van der Waals surface area contributed by atoms with E-state index in [4.69, 9.17) is 9.72 Å². The number of benzene rings is 3. The molecule has 11 nitrogen and oxygen atoms in total. The van der Waals surface area contributed by atoms with Gasteiger partial charge in [-0.2, -0.15) is 5.01 Å². The number of nitrogens with one attached hydrogen (secondary N) is 1. The monoisotopic (exact) mass is 609 g/mol. The number of hydrogen-bond donors (Lipinski definition) is 2. The molecule has 2 N–H and O–H groups in total. The Bertz CT molecular complexity index is 1740. The lowest BCUT2D eigenvalue weighted by Gasteiger charge is -2.45. The third-order valence-corrected chi connectivity index (χ3v) is 7.74. The molecular weight excluding hydrogens is 574 g/mol. The average molecular weight is 610 g/mol. The Kier molecular flexibility index (Phi) is 8.82. The molecule has 0 radical (unpaired) electrons. The zero-order chi connectivity index (χ0) is 32.3. The van der Waals surface area contributed by atoms with Gasteiger partial charge in [0.15, 0.2) is 0 Å². The van der Waals surface area contributed by atoms with Crippen LogP contribution in [-0.2, 0) is 16.1 Å². The summed E-state index contributed by atoms with van der Waals surface area (Å²) in [6.07, 6.45) is -2.09. The molecule has 4 aromatic rings. The number of para-hydroxylation sites is 2. The predicted octanol–water partition coefficient (Wildman–Crippen LogP) is 5.56. The van der Waals surface area contributed by atoms with Crippen molar-refractivity contribution < 1.29 is 29.0 Å². The van der Waals surface area contributed by atoms with Crippen LogP contribution in [0, 0.1) is 5.41 Å². The number of amides is 4. The third-order valence-electron chi connectivity index (χ3n) is 7.74. The van der Waals surface area contributed by atoms with Crippen LogP contribution in [-0.4, -0.2) is 70.1 Å². The van der Waals surface area contributed by atoms with Crippen LogP contribution in [0.1, 0.15) is 36.7 Å². The van der Waals surface area contributed by atoms with Crippen LogP contribution in [0.2, 0.25) is 0 Å². The zero-order valence-corrected chi connectivity index (χ0v) is 25.6. The Labute approximate surface area is 261 Å². The zero-order valence-electron chi connectivity index (χ0n) is 25.6. The number of ether oxygens (including phenoxy) is 1. The maximum atomic E-state index is 14.4. The van der Waals surface area contributed by atoms with E-state index in [1.165, 1.54) is 7.11 Å². The Morgan fingerprint density at radius 1 is 0.956 bits per heavy atom. The van der Waals surface area contributed by atoms with Crippen molar-refractivity contribution >= 4 is 40.6 Å². The van der Waals surface area contributed by atoms with Gasteiger partial charge >= 0.3 is 12.2 Å². The standard InChI is InChI=1S/C34H35N5O6/c1-34(2,3)29-31(41)38(32(42)43)20-19-37(29)21-25-27(30(40)36-39(33(44)45-4)23-15-9-6-10-16-23)24-17-11-12-18-26(24)35-28(25)22-13-7-5-8-14-22/h5-18,29H,19-21H2,1-4H3,(H,36,40)(H,42,43). The number of hydrogen-bond acceptors (Lipinski definition) is 7. The normalized spacial score (nSPS) is 15.5. The summed E-state index contributed by atoms with van der Waals surface area (Å²) < 4.78 is 4.99. The van der Waals surface area contributed by atoms with Crippen LogP contribution in [0.15, 0.2) is 84.9 Å². The molecule has 2 heterocycles. The van der Waals surface area contributed by atoms with Gasteiger partial charge in [-0.1, -0.05) is 87.5 Å². The molecule has 3 aromatic carbocycles. The van der Waals surface area contributed by atoms with E-state index in [0.717, 1.165) is 15.5 Å². The number of methoxy groups -OCH3 is 1. The first-order valence-corrected chi connectivity index (χ1v) is 14.5. The number of piperazine rings is 1. The van der Waals surface area contributed by atoms with Crippen molar-refractivity contribution in [2.24, 2.45) is 5.41 Å². The number of aromatic nitrogens is 1. The van der Waals surface area contributed by atoms with Gasteiger partial charge < -0.3 is 9.84 Å². The first-order valence-electron chi connectivity index (χ1n) is 14.5. The fourth-order valence-electron chi connectivity index (χ4n) is 5.79. The van der Waals surface area contributed by atoms with Crippen molar-refractivity contribution in [2.75, 3.05) is 25.2 Å². The lowest BCUT2D eigenvalue weighted by atomic mass is 9.83. The lowest BCUT2D eigenvalue weighted by Crippen LogP contribution is -2.62. The largest absolute Gasteiger partial charge is 0.465 e. The summed E-state index contributed by atoms with van der Waals surface area (Å²) in [5, 5.41) is 11.3. The third kappa shape index (κ3) is 6.34. The topological polar surface area (TPSA) is 132 Å². The summed E-state index contributed by atoms with van der Waals surface area (Å²) >= 11 is 0. The molecule has 1 unspecified atom stereocenters. The van der Waals surface area contributed by atoms with Gasteiger partial charge in [-0.15, -0.1) is 0 Å². The molecule has 1 aliphatic rings. The summed E-state index contributed by atoms with van der Waals surface area (Å²) in [7, 11) is 1.23. The highest BCUT2D eigenvalue weighted by Crippen LogP contribution is 2.35. The van der Waals surface area contributed by atoms with Gasteiger partial charge in [0.25, 0.3) is 5.91 Å². The first-order chi connectivity index (χ1) is 21.5. The molecular formula is C34H35N5O6. The average Bonchev–Trinajstić information content (AvgIpc) is 3.02. The highest BCUT2D eigenvalue weighted by atomic mass is 16.5. The fraction of sp³-hybridized carbons (Fsp3) is 0.265. The number of pyridine rings is 1. The molecule has 1 aliphatic heterocycles. The van der Waals surface area contributed by atoms with Crippen LogP contribution < -0.4 is 10.4 Å². The maximum Gasteiger partial charge on any atom is 0.433 e. The molecule has 5 rings (SSSR count). The minimum absolute atomic E-state index is 0.0198. The number of anilines is 1. The molecule has 1 fully saturated rings. The van der Waals surface area contributed by atoms with Gasteiger partial charge in [-0.05, 0) is 23.6 Å². The van der Waals surface area contributed by atoms with Crippen molar-refractivity contribution in [2.45, 2.75) is 33.4 Å². The summed E-state index contributed by atoms with van der Waals surface area (Å²) in [6.45, 7) is 5.98. The number of nitrogens with zero attached hydrogens (tertiary/aromatic N) is 4. The first kappa shape index (κ1) is 31.1. The quantitative estimate of drug-likeness (QED) is 0.281. The molecule has 1 saturated heterocycles. The van der Waals surface area contributed by atoms with Crippen molar-refractivity contribution in [1.82, 2.24) is 20.2 Å². The highest BCUT2D eigenvalue weighted by Gasteiger charge is 2.44. The lowest BCUT2D eigenvalue weighted by molar-refractivity contribution is -0.144. The Morgan fingerprint density at radius 2 is 1.58 bits per heavy atom. The molecule has 0 bridgehead atoms. The molecule has 11 heteroatoms. The fourth-order valence-corrected chi connectivity index (χ4v) is 5.79. The van der Waals surface area contributed by atoms with E-state index in [1.807, 2.05) is 68.1 Å². The Hall–Kier alpha value is -5.29. The van der Waals surface area contributed by atoms with E-state index < -0.39 is 35.5 Å². The van der Waals surface area contributed by atoms with Gasteiger partial charge in [0.1, 0.15) is 0 Å². The maximum absolute atomic E-state index is 14.4. The van der Waals surface area contributed by atoms with Crippen molar-refractivity contribution in [3.8, 4) is 11.3 Å². The molecule has 1 atom stereocenters. The highest BCUT2D eigenvalue weighted by molar-refractivity contribution is 6.10. The van der Waals surface area contributed by atoms with E-state index >= 15 is 0 Å². The molecule has 1 aromatic heterocycles. The Balaban J connectivity index is 1.70. The number of fused-ring (bicyclic) bond motifs is 1. The summed E-state index contributed by atoms with van der Waals surface area (Å²) in [5.74, 6) is -1.11. The minimum Gasteiger partial charge on any atom is -0.465 e. The molecule has 232 valence electrons. The van der Waals surface area contributed by atoms with Crippen LogP contribution in [0.5, 0.6) is 0 Å². The van der Waals surface area contributed by atoms with Crippen molar-refractivity contribution in [3.05, 3.63) is 96.1 Å².